The molecule has 1 aliphatic rings. The molecule has 1 fully saturated rings. The zero-order valence-corrected chi connectivity index (χ0v) is 11.0. The highest BCUT2D eigenvalue weighted by atomic mass is 16.3. The van der Waals surface area contributed by atoms with Gasteiger partial charge in [-0.2, -0.15) is 0 Å². The summed E-state index contributed by atoms with van der Waals surface area (Å²) in [6.45, 7) is 3.57. The van der Waals surface area contributed by atoms with Crippen molar-refractivity contribution in [3.05, 3.63) is 35.4 Å². The molecule has 1 unspecified atom stereocenters. The van der Waals surface area contributed by atoms with E-state index in [2.05, 4.69) is 11.4 Å². The van der Waals surface area contributed by atoms with Crippen molar-refractivity contribution in [2.24, 2.45) is 0 Å². The highest BCUT2D eigenvalue weighted by molar-refractivity contribution is 5.29. The number of hydrogen-bond donors (Lipinski definition) is 3. The lowest BCUT2D eigenvalue weighted by Crippen LogP contribution is -2.43. The van der Waals surface area contributed by atoms with Crippen LogP contribution >= 0.6 is 0 Å². The molecule has 1 heterocycles. The molecule has 1 aromatic rings. The van der Waals surface area contributed by atoms with Crippen LogP contribution in [0.1, 0.15) is 30.9 Å². The van der Waals surface area contributed by atoms with E-state index in [9.17, 15) is 10.2 Å². The molecular formula is C15H23NO2. The number of rotatable bonds is 4. The molecule has 1 aliphatic heterocycles. The molecule has 0 spiro atoms. The van der Waals surface area contributed by atoms with Gasteiger partial charge in [0, 0.05) is 6.42 Å². The molecule has 3 N–H and O–H groups in total. The molecule has 1 aromatic carbocycles. The first-order chi connectivity index (χ1) is 8.59. The first-order valence-electron chi connectivity index (χ1n) is 6.77. The minimum atomic E-state index is -0.583. The van der Waals surface area contributed by atoms with Gasteiger partial charge in [-0.15, -0.1) is 0 Å². The summed E-state index contributed by atoms with van der Waals surface area (Å²) in [5.74, 6) is 0. The van der Waals surface area contributed by atoms with Gasteiger partial charge in [0.15, 0.2) is 0 Å². The zero-order chi connectivity index (χ0) is 13.0. The Morgan fingerprint density at radius 1 is 1.22 bits per heavy atom. The summed E-state index contributed by atoms with van der Waals surface area (Å²) in [5, 5.41) is 23.4. The third kappa shape index (κ3) is 3.55. The summed E-state index contributed by atoms with van der Waals surface area (Å²) >= 11 is 0. The summed E-state index contributed by atoms with van der Waals surface area (Å²) in [6.07, 6.45) is 2.61. The van der Waals surface area contributed by atoms with Gasteiger partial charge in [0.1, 0.15) is 0 Å². The Kier molecular flexibility index (Phi) is 4.38. The summed E-state index contributed by atoms with van der Waals surface area (Å²) in [7, 11) is 0. The van der Waals surface area contributed by atoms with E-state index in [0.717, 1.165) is 31.5 Å². The van der Waals surface area contributed by atoms with Gasteiger partial charge in [-0.25, -0.2) is 0 Å². The number of benzene rings is 1. The molecule has 0 bridgehead atoms. The summed E-state index contributed by atoms with van der Waals surface area (Å²) in [6, 6.07) is 8.11. The van der Waals surface area contributed by atoms with Gasteiger partial charge in [0.05, 0.1) is 11.7 Å². The minimum absolute atomic E-state index is 0.339. The lowest BCUT2D eigenvalue weighted by atomic mass is 9.84. The van der Waals surface area contributed by atoms with Crippen LogP contribution in [0.4, 0.5) is 0 Å². The van der Waals surface area contributed by atoms with Crippen LogP contribution in [0.25, 0.3) is 0 Å². The Bertz CT molecular complexity index is 384. The van der Waals surface area contributed by atoms with Crippen LogP contribution in [-0.4, -0.2) is 35.0 Å². The van der Waals surface area contributed by atoms with E-state index >= 15 is 0 Å². The Balaban J connectivity index is 2.12. The van der Waals surface area contributed by atoms with Crippen molar-refractivity contribution >= 4 is 0 Å². The highest BCUT2D eigenvalue weighted by Gasteiger charge is 2.29. The molecule has 1 saturated heterocycles. The number of aliphatic hydroxyl groups excluding tert-OH is 1. The van der Waals surface area contributed by atoms with Crippen molar-refractivity contribution in [2.75, 3.05) is 13.1 Å². The molecule has 100 valence electrons. The lowest BCUT2D eigenvalue weighted by Gasteiger charge is -2.33. The van der Waals surface area contributed by atoms with Gasteiger partial charge in [0.2, 0.25) is 0 Å². The molecule has 0 saturated carbocycles. The second-order valence-electron chi connectivity index (χ2n) is 5.47. The fourth-order valence-electron chi connectivity index (χ4n) is 2.67. The molecular weight excluding hydrogens is 226 g/mol. The van der Waals surface area contributed by atoms with Crippen LogP contribution < -0.4 is 5.32 Å². The first-order valence-corrected chi connectivity index (χ1v) is 6.77. The van der Waals surface area contributed by atoms with Crippen molar-refractivity contribution in [3.63, 3.8) is 0 Å². The maximum atomic E-state index is 10.6. The third-order valence-electron chi connectivity index (χ3n) is 3.69. The minimum Gasteiger partial charge on any atom is -0.393 e. The predicted octanol–water partition coefficient (Wildman–Crippen LogP) is 1.27. The quantitative estimate of drug-likeness (QED) is 0.753. The Morgan fingerprint density at radius 3 is 2.44 bits per heavy atom. The van der Waals surface area contributed by atoms with Crippen molar-refractivity contribution in [2.45, 2.75) is 44.3 Å². The second-order valence-corrected chi connectivity index (χ2v) is 5.47. The second kappa shape index (κ2) is 5.83. The standard InChI is InChI=1S/C15H23NO2/c1-12(17)10-13-4-2-3-5-14(13)11-15(18)6-8-16-9-7-15/h2-5,12,16-18H,6-11H2,1H3. The summed E-state index contributed by atoms with van der Waals surface area (Å²) in [4.78, 5) is 0. The molecule has 1 atom stereocenters. The molecule has 18 heavy (non-hydrogen) atoms. The van der Waals surface area contributed by atoms with E-state index in [1.807, 2.05) is 18.2 Å². The number of aliphatic hydroxyl groups is 2. The number of nitrogens with one attached hydrogen (secondary N) is 1. The number of piperidine rings is 1. The molecule has 3 heteroatoms. The SMILES string of the molecule is CC(O)Cc1ccccc1CC1(O)CCNCC1. The van der Waals surface area contributed by atoms with E-state index in [1.54, 1.807) is 6.92 Å². The van der Waals surface area contributed by atoms with Gasteiger partial charge in [-0.1, -0.05) is 24.3 Å². The molecule has 3 nitrogen and oxygen atoms in total. The molecule has 0 radical (unpaired) electrons. The molecule has 2 rings (SSSR count). The molecule has 0 aromatic heterocycles. The van der Waals surface area contributed by atoms with E-state index in [1.165, 1.54) is 5.56 Å². The van der Waals surface area contributed by atoms with E-state index < -0.39 is 5.60 Å². The van der Waals surface area contributed by atoms with Crippen LogP contribution in [0.5, 0.6) is 0 Å². The Hall–Kier alpha value is -0.900. The van der Waals surface area contributed by atoms with Crippen LogP contribution in [0.3, 0.4) is 0 Å². The van der Waals surface area contributed by atoms with Crippen LogP contribution in [0.15, 0.2) is 24.3 Å². The molecule has 0 amide bonds. The van der Waals surface area contributed by atoms with Crippen molar-refractivity contribution in [1.29, 1.82) is 0 Å². The summed E-state index contributed by atoms with van der Waals surface area (Å²) in [5.41, 5.74) is 1.74. The Labute approximate surface area is 109 Å². The van der Waals surface area contributed by atoms with Gasteiger partial charge in [-0.3, -0.25) is 0 Å². The maximum absolute atomic E-state index is 10.6. The fourth-order valence-corrected chi connectivity index (χ4v) is 2.67. The van der Waals surface area contributed by atoms with E-state index in [0.29, 0.717) is 12.8 Å². The summed E-state index contributed by atoms with van der Waals surface area (Å²) < 4.78 is 0. The van der Waals surface area contributed by atoms with Crippen LogP contribution in [-0.2, 0) is 12.8 Å². The van der Waals surface area contributed by atoms with Crippen molar-refractivity contribution in [1.82, 2.24) is 5.32 Å². The predicted molar refractivity (Wildman–Crippen MR) is 72.6 cm³/mol. The van der Waals surface area contributed by atoms with E-state index in [4.69, 9.17) is 0 Å². The van der Waals surface area contributed by atoms with Crippen LogP contribution in [0.2, 0.25) is 0 Å². The smallest absolute Gasteiger partial charge is 0.0712 e. The van der Waals surface area contributed by atoms with Crippen molar-refractivity contribution < 1.29 is 10.2 Å². The highest BCUT2D eigenvalue weighted by Crippen LogP contribution is 2.25. The topological polar surface area (TPSA) is 52.5 Å². The number of hydrogen-bond acceptors (Lipinski definition) is 3. The maximum Gasteiger partial charge on any atom is 0.0712 e. The Morgan fingerprint density at radius 2 is 1.83 bits per heavy atom. The van der Waals surface area contributed by atoms with E-state index in [-0.39, 0.29) is 6.10 Å². The van der Waals surface area contributed by atoms with Gasteiger partial charge in [-0.05, 0) is 50.4 Å². The average Bonchev–Trinajstić information content (AvgIpc) is 2.32. The van der Waals surface area contributed by atoms with Gasteiger partial charge in [0.25, 0.3) is 0 Å². The average molecular weight is 249 g/mol. The monoisotopic (exact) mass is 249 g/mol. The van der Waals surface area contributed by atoms with Crippen LogP contribution in [0, 0.1) is 0 Å². The third-order valence-corrected chi connectivity index (χ3v) is 3.69. The largest absolute Gasteiger partial charge is 0.393 e. The lowest BCUT2D eigenvalue weighted by molar-refractivity contribution is 0.0106. The zero-order valence-electron chi connectivity index (χ0n) is 11.0. The van der Waals surface area contributed by atoms with Crippen molar-refractivity contribution in [3.8, 4) is 0 Å². The van der Waals surface area contributed by atoms with Gasteiger partial charge < -0.3 is 15.5 Å². The first kappa shape index (κ1) is 13.5. The van der Waals surface area contributed by atoms with Gasteiger partial charge >= 0.3 is 0 Å². The normalized spacial score (nSPS) is 20.6. The molecule has 0 aliphatic carbocycles. The fraction of sp³-hybridized carbons (Fsp3) is 0.600.